The molecule has 1 aliphatic rings. The van der Waals surface area contributed by atoms with Crippen molar-refractivity contribution in [2.75, 3.05) is 13.1 Å². The molecule has 0 bridgehead atoms. The lowest BCUT2D eigenvalue weighted by Crippen LogP contribution is -2.41. The Labute approximate surface area is 139 Å². The van der Waals surface area contributed by atoms with Crippen molar-refractivity contribution in [2.24, 2.45) is 0 Å². The number of aryl methyl sites for hydroxylation is 1. The average Bonchev–Trinajstić information content (AvgIpc) is 3.18. The Balaban J connectivity index is 1.83. The van der Waals surface area contributed by atoms with Crippen LogP contribution in [0.25, 0.3) is 11.3 Å². The topological polar surface area (TPSA) is 92.3 Å². The van der Waals surface area contributed by atoms with Gasteiger partial charge in [-0.3, -0.25) is 9.97 Å². The fourth-order valence-electron chi connectivity index (χ4n) is 3.51. The molecule has 1 fully saturated rings. The van der Waals surface area contributed by atoms with E-state index in [0.29, 0.717) is 0 Å². The predicted molar refractivity (Wildman–Crippen MR) is 89.3 cm³/mol. The van der Waals surface area contributed by atoms with Gasteiger partial charge in [-0.2, -0.15) is 5.21 Å². The van der Waals surface area contributed by atoms with Crippen molar-refractivity contribution >= 4 is 0 Å². The quantitative estimate of drug-likeness (QED) is 0.762. The Morgan fingerprint density at radius 1 is 1.08 bits per heavy atom. The summed E-state index contributed by atoms with van der Waals surface area (Å²) in [6, 6.07) is 8.49. The molecule has 1 aliphatic heterocycles. The van der Waals surface area contributed by atoms with Crippen molar-refractivity contribution in [3.05, 3.63) is 53.7 Å². The van der Waals surface area contributed by atoms with Gasteiger partial charge in [-0.25, -0.2) is 0 Å². The molecule has 24 heavy (non-hydrogen) atoms. The summed E-state index contributed by atoms with van der Waals surface area (Å²) >= 11 is 0. The summed E-state index contributed by atoms with van der Waals surface area (Å²) in [7, 11) is 0. The minimum absolute atomic E-state index is 0.218. The zero-order valence-corrected chi connectivity index (χ0v) is 13.5. The van der Waals surface area contributed by atoms with Crippen molar-refractivity contribution in [3.8, 4) is 11.3 Å². The van der Waals surface area contributed by atoms with E-state index >= 15 is 0 Å². The summed E-state index contributed by atoms with van der Waals surface area (Å²) in [5, 5.41) is 18.4. The number of benzene rings is 1. The number of hydrogen-bond acceptors (Lipinski definition) is 6. The van der Waals surface area contributed by atoms with Crippen LogP contribution in [0.5, 0.6) is 0 Å². The molecular weight excluding hydrogens is 302 g/mol. The summed E-state index contributed by atoms with van der Waals surface area (Å²) < 4.78 is 0. The summed E-state index contributed by atoms with van der Waals surface area (Å²) in [5.74, 6) is 0.761. The highest BCUT2D eigenvalue weighted by Gasteiger charge is 2.39. The molecule has 2 N–H and O–H groups in total. The van der Waals surface area contributed by atoms with Crippen molar-refractivity contribution in [1.82, 2.24) is 35.9 Å². The van der Waals surface area contributed by atoms with Gasteiger partial charge >= 0.3 is 0 Å². The predicted octanol–water partition coefficient (Wildman–Crippen LogP) is 1.63. The molecule has 3 heterocycles. The molecule has 0 atom stereocenters. The molecule has 7 heteroatoms. The van der Waals surface area contributed by atoms with Gasteiger partial charge in [0.05, 0.1) is 16.8 Å². The number of nitrogens with one attached hydrogen (secondary N) is 2. The van der Waals surface area contributed by atoms with Gasteiger partial charge in [-0.1, -0.05) is 23.4 Å². The maximum atomic E-state index is 4.50. The summed E-state index contributed by atoms with van der Waals surface area (Å²) in [4.78, 5) is 8.85. The van der Waals surface area contributed by atoms with Crippen molar-refractivity contribution in [2.45, 2.75) is 25.2 Å². The second-order valence-electron chi connectivity index (χ2n) is 6.14. The number of aromatic amines is 1. The first kappa shape index (κ1) is 14.9. The molecule has 1 aromatic carbocycles. The Kier molecular flexibility index (Phi) is 3.78. The first-order valence-corrected chi connectivity index (χ1v) is 8.13. The van der Waals surface area contributed by atoms with E-state index in [-0.39, 0.29) is 5.41 Å². The zero-order chi connectivity index (χ0) is 16.4. The van der Waals surface area contributed by atoms with Crippen LogP contribution in [-0.2, 0) is 5.41 Å². The van der Waals surface area contributed by atoms with E-state index in [2.05, 4.69) is 60.2 Å². The summed E-state index contributed by atoms with van der Waals surface area (Å²) in [6.45, 7) is 3.85. The van der Waals surface area contributed by atoms with E-state index in [1.54, 1.807) is 12.4 Å². The van der Waals surface area contributed by atoms with Crippen LogP contribution >= 0.6 is 0 Å². The van der Waals surface area contributed by atoms with E-state index in [9.17, 15) is 0 Å². The third-order valence-corrected chi connectivity index (χ3v) is 4.80. The fourth-order valence-corrected chi connectivity index (χ4v) is 3.51. The molecule has 2 aromatic heterocycles. The maximum absolute atomic E-state index is 4.50. The molecule has 1 saturated heterocycles. The van der Waals surface area contributed by atoms with Crippen LogP contribution in [0, 0.1) is 6.92 Å². The molecule has 7 nitrogen and oxygen atoms in total. The normalized spacial score (nSPS) is 16.9. The minimum atomic E-state index is -0.218. The number of aromatic nitrogens is 6. The average molecular weight is 321 g/mol. The Hall–Kier alpha value is -2.67. The first-order chi connectivity index (χ1) is 11.8. The van der Waals surface area contributed by atoms with Gasteiger partial charge in [-0.15, -0.1) is 10.2 Å². The van der Waals surface area contributed by atoms with E-state index in [1.165, 1.54) is 5.56 Å². The number of rotatable bonds is 3. The third-order valence-electron chi connectivity index (χ3n) is 4.80. The second kappa shape index (κ2) is 6.09. The highest BCUT2D eigenvalue weighted by Crippen LogP contribution is 2.39. The lowest BCUT2D eigenvalue weighted by molar-refractivity contribution is 0.346. The van der Waals surface area contributed by atoms with Gasteiger partial charge in [0.25, 0.3) is 0 Å². The number of hydrogen-bond donors (Lipinski definition) is 2. The van der Waals surface area contributed by atoms with Gasteiger partial charge in [0.1, 0.15) is 0 Å². The zero-order valence-electron chi connectivity index (χ0n) is 13.5. The van der Waals surface area contributed by atoms with Crippen molar-refractivity contribution in [3.63, 3.8) is 0 Å². The Morgan fingerprint density at radius 3 is 2.67 bits per heavy atom. The molecular formula is C17H19N7. The van der Waals surface area contributed by atoms with Gasteiger partial charge < -0.3 is 5.32 Å². The Bertz CT molecular complexity index is 822. The fraction of sp³-hybridized carbons (Fsp3) is 0.353. The molecule has 0 spiro atoms. The standard InChI is InChI=1S/C17H19N7/c1-12-15(20-10-9-19-12)13-3-2-4-14(11-13)17(5-7-18-8-6-17)16-21-23-24-22-16/h2-4,9-11,18H,5-8H2,1H3,(H,21,22,23,24). The van der Waals surface area contributed by atoms with Gasteiger partial charge in [0, 0.05) is 18.0 Å². The van der Waals surface area contributed by atoms with Crippen LogP contribution in [0.4, 0.5) is 0 Å². The third kappa shape index (κ3) is 2.46. The molecule has 3 aromatic rings. The SMILES string of the molecule is Cc1nccnc1-c1cccc(C2(c3nn[nH]n3)CCNCC2)c1. The Morgan fingerprint density at radius 2 is 1.92 bits per heavy atom. The van der Waals surface area contributed by atoms with Crippen LogP contribution in [-0.4, -0.2) is 43.7 Å². The highest BCUT2D eigenvalue weighted by molar-refractivity contribution is 5.63. The number of tetrazole rings is 1. The van der Waals surface area contributed by atoms with Gasteiger partial charge in [0.15, 0.2) is 5.82 Å². The highest BCUT2D eigenvalue weighted by atomic mass is 15.5. The monoisotopic (exact) mass is 321 g/mol. The molecule has 122 valence electrons. The van der Waals surface area contributed by atoms with E-state index in [4.69, 9.17) is 0 Å². The minimum Gasteiger partial charge on any atom is -0.317 e. The lowest BCUT2D eigenvalue weighted by Gasteiger charge is -2.35. The van der Waals surface area contributed by atoms with Crippen molar-refractivity contribution in [1.29, 1.82) is 0 Å². The number of H-pyrrole nitrogens is 1. The smallest absolute Gasteiger partial charge is 0.185 e. The molecule has 0 aliphatic carbocycles. The molecule has 0 saturated carbocycles. The van der Waals surface area contributed by atoms with Crippen molar-refractivity contribution < 1.29 is 0 Å². The lowest BCUT2D eigenvalue weighted by atomic mass is 9.72. The van der Waals surface area contributed by atoms with E-state index < -0.39 is 0 Å². The second-order valence-corrected chi connectivity index (χ2v) is 6.14. The largest absolute Gasteiger partial charge is 0.317 e. The van der Waals surface area contributed by atoms with Crippen LogP contribution in [0.1, 0.15) is 29.9 Å². The van der Waals surface area contributed by atoms with Gasteiger partial charge in [0.2, 0.25) is 0 Å². The van der Waals surface area contributed by atoms with Crippen LogP contribution in [0.3, 0.4) is 0 Å². The molecule has 0 amide bonds. The molecule has 0 unspecified atom stereocenters. The van der Waals surface area contributed by atoms with Crippen LogP contribution in [0.15, 0.2) is 36.7 Å². The summed E-state index contributed by atoms with van der Waals surface area (Å²) in [6.07, 6.45) is 5.33. The summed E-state index contributed by atoms with van der Waals surface area (Å²) in [5.41, 5.74) is 3.89. The number of nitrogens with zero attached hydrogens (tertiary/aromatic N) is 5. The first-order valence-electron chi connectivity index (χ1n) is 8.13. The van der Waals surface area contributed by atoms with Gasteiger partial charge in [-0.05, 0) is 44.5 Å². The van der Waals surface area contributed by atoms with Crippen LogP contribution in [0.2, 0.25) is 0 Å². The molecule has 0 radical (unpaired) electrons. The van der Waals surface area contributed by atoms with E-state index in [0.717, 1.165) is 48.7 Å². The van der Waals surface area contributed by atoms with Crippen LogP contribution < -0.4 is 5.32 Å². The maximum Gasteiger partial charge on any atom is 0.185 e. The number of piperidine rings is 1. The molecule has 4 rings (SSSR count). The van der Waals surface area contributed by atoms with E-state index in [1.807, 2.05) is 6.92 Å².